The van der Waals surface area contributed by atoms with E-state index >= 15 is 0 Å². The van der Waals surface area contributed by atoms with Gasteiger partial charge in [-0.1, -0.05) is 12.1 Å². The molecule has 0 bridgehead atoms. The van der Waals surface area contributed by atoms with E-state index in [9.17, 15) is 4.79 Å². The normalized spacial score (nSPS) is 11.1. The number of likely N-dealkylation sites (N-methyl/N-ethyl adjacent to an activating group) is 2. The highest BCUT2D eigenvalue weighted by Gasteiger charge is 2.18. The Hall–Kier alpha value is -3.89. The summed E-state index contributed by atoms with van der Waals surface area (Å²) in [6.45, 7) is 1.60. The van der Waals surface area contributed by atoms with Crippen molar-refractivity contribution in [2.45, 2.75) is 6.42 Å². The van der Waals surface area contributed by atoms with Crippen molar-refractivity contribution in [3.8, 4) is 17.3 Å². The summed E-state index contributed by atoms with van der Waals surface area (Å²) in [5.74, 6) is 1.76. The van der Waals surface area contributed by atoms with E-state index in [0.29, 0.717) is 28.8 Å². The Balaban J connectivity index is 1.69. The first-order valence-corrected chi connectivity index (χ1v) is 12.8. The van der Waals surface area contributed by atoms with Crippen molar-refractivity contribution in [1.82, 2.24) is 24.4 Å². The third-order valence-electron chi connectivity index (χ3n) is 6.13. The largest absolute Gasteiger partial charge is 0.494 e. The number of methoxy groups -OCH3 is 1. The van der Waals surface area contributed by atoms with E-state index < -0.39 is 0 Å². The molecule has 2 heterocycles. The van der Waals surface area contributed by atoms with Crippen LogP contribution in [0.1, 0.15) is 6.42 Å². The number of para-hydroxylation sites is 2. The molecule has 0 fully saturated rings. The lowest BCUT2D eigenvalue weighted by Gasteiger charge is -2.26. The number of alkyl halides is 1. The lowest BCUT2D eigenvalue weighted by Crippen LogP contribution is -2.29. The topological polar surface area (TPSA) is 100 Å². The van der Waals surface area contributed by atoms with E-state index in [4.69, 9.17) is 26.3 Å². The van der Waals surface area contributed by atoms with Gasteiger partial charge in [0, 0.05) is 51.7 Å². The van der Waals surface area contributed by atoms with E-state index in [0.717, 1.165) is 35.6 Å². The number of nitrogens with zero attached hydrogens (tertiary/aromatic N) is 6. The maximum atomic E-state index is 12.5. The van der Waals surface area contributed by atoms with Crippen LogP contribution in [0.5, 0.6) is 5.75 Å². The van der Waals surface area contributed by atoms with Crippen LogP contribution in [0.25, 0.3) is 22.6 Å². The van der Waals surface area contributed by atoms with Crippen molar-refractivity contribution in [1.29, 1.82) is 0 Å². The summed E-state index contributed by atoms with van der Waals surface area (Å²) < 4.78 is 7.71. The Kier molecular flexibility index (Phi) is 8.65. The van der Waals surface area contributed by atoms with Crippen LogP contribution in [-0.4, -0.2) is 77.5 Å². The molecule has 0 spiro atoms. The van der Waals surface area contributed by atoms with Crippen molar-refractivity contribution in [2.75, 3.05) is 62.8 Å². The van der Waals surface area contributed by atoms with Crippen LogP contribution in [0.4, 0.5) is 23.0 Å². The number of aryl methyl sites for hydroxylation is 1. The van der Waals surface area contributed by atoms with Crippen LogP contribution in [0, 0.1) is 0 Å². The van der Waals surface area contributed by atoms with E-state index in [1.54, 1.807) is 13.3 Å². The second-order valence-corrected chi connectivity index (χ2v) is 9.53. The minimum Gasteiger partial charge on any atom is -0.494 e. The molecule has 0 aliphatic heterocycles. The van der Waals surface area contributed by atoms with Gasteiger partial charge in [0.1, 0.15) is 11.4 Å². The number of aromatic nitrogens is 4. The first kappa shape index (κ1) is 27.2. The Bertz CT molecular complexity index is 1420. The van der Waals surface area contributed by atoms with E-state index in [2.05, 4.69) is 25.4 Å². The Labute approximate surface area is 227 Å². The zero-order chi connectivity index (χ0) is 27.2. The molecule has 0 radical (unpaired) electrons. The minimum absolute atomic E-state index is 0.168. The predicted molar refractivity (Wildman–Crippen MR) is 154 cm³/mol. The molecule has 2 aromatic heterocycles. The average Bonchev–Trinajstić information content (AvgIpc) is 3.24. The molecule has 200 valence electrons. The molecule has 2 aromatic carbocycles. The van der Waals surface area contributed by atoms with Gasteiger partial charge in [-0.05, 0) is 38.4 Å². The number of carbonyl (C=O) groups excluding carboxylic acids is 1. The fourth-order valence-electron chi connectivity index (χ4n) is 4.06. The molecule has 0 saturated heterocycles. The molecular formula is C27H33ClN8O2. The SMILES string of the molecule is COc1cc(N(C)CCN(C)C)c(NC(=O)CCCl)cc1Nc1nccc(-c2nc3ccccc3n2C)n1. The van der Waals surface area contributed by atoms with E-state index in [1.807, 2.05) is 75.2 Å². The first-order chi connectivity index (χ1) is 18.3. The second kappa shape index (κ2) is 12.1. The van der Waals surface area contributed by atoms with Crippen molar-refractivity contribution >= 4 is 51.6 Å². The van der Waals surface area contributed by atoms with Crippen molar-refractivity contribution < 1.29 is 9.53 Å². The molecular weight excluding hydrogens is 504 g/mol. The molecule has 38 heavy (non-hydrogen) atoms. The van der Waals surface area contributed by atoms with Gasteiger partial charge in [-0.15, -0.1) is 11.6 Å². The molecule has 4 rings (SSSR count). The highest BCUT2D eigenvalue weighted by atomic mass is 35.5. The van der Waals surface area contributed by atoms with Crippen LogP contribution in [-0.2, 0) is 11.8 Å². The predicted octanol–water partition coefficient (Wildman–Crippen LogP) is 4.35. The van der Waals surface area contributed by atoms with Crippen LogP contribution in [0.15, 0.2) is 48.7 Å². The molecule has 2 N–H and O–H groups in total. The summed E-state index contributed by atoms with van der Waals surface area (Å²) in [7, 11) is 9.58. The summed E-state index contributed by atoms with van der Waals surface area (Å²) in [5.41, 5.74) is 4.66. The molecule has 0 unspecified atom stereocenters. The molecule has 0 aliphatic rings. The Morgan fingerprint density at radius 3 is 2.58 bits per heavy atom. The molecule has 0 saturated carbocycles. The summed E-state index contributed by atoms with van der Waals surface area (Å²) in [6.07, 6.45) is 1.89. The summed E-state index contributed by atoms with van der Waals surface area (Å²) in [4.78, 5) is 30.5. The Morgan fingerprint density at radius 1 is 1.08 bits per heavy atom. The van der Waals surface area contributed by atoms with Gasteiger partial charge in [-0.3, -0.25) is 4.79 Å². The van der Waals surface area contributed by atoms with Crippen LogP contribution in [0.2, 0.25) is 0 Å². The number of carbonyl (C=O) groups is 1. The number of hydrogen-bond donors (Lipinski definition) is 2. The van der Waals surface area contributed by atoms with Gasteiger partial charge in [0.15, 0.2) is 5.82 Å². The van der Waals surface area contributed by atoms with Crippen molar-refractivity contribution in [3.63, 3.8) is 0 Å². The maximum absolute atomic E-state index is 12.5. The fraction of sp³-hybridized carbons (Fsp3) is 0.333. The van der Waals surface area contributed by atoms with Gasteiger partial charge in [0.05, 0.1) is 35.2 Å². The van der Waals surface area contributed by atoms with Gasteiger partial charge in [0.2, 0.25) is 11.9 Å². The zero-order valence-corrected chi connectivity index (χ0v) is 23.1. The zero-order valence-electron chi connectivity index (χ0n) is 22.3. The molecule has 11 heteroatoms. The van der Waals surface area contributed by atoms with E-state index in [1.165, 1.54) is 0 Å². The summed E-state index contributed by atoms with van der Waals surface area (Å²) in [6, 6.07) is 13.5. The lowest BCUT2D eigenvalue weighted by molar-refractivity contribution is -0.115. The van der Waals surface area contributed by atoms with Crippen LogP contribution < -0.4 is 20.3 Å². The number of anilines is 4. The number of nitrogens with one attached hydrogen (secondary N) is 2. The first-order valence-electron chi connectivity index (χ1n) is 12.3. The quantitative estimate of drug-likeness (QED) is 0.273. The molecule has 4 aromatic rings. The molecule has 0 aliphatic carbocycles. The third kappa shape index (κ3) is 6.15. The summed E-state index contributed by atoms with van der Waals surface area (Å²) >= 11 is 5.81. The standard InChI is InChI=1S/C27H33ClN8O2/c1-34(2)14-15-35(3)23-17-24(38-5)21(16-20(23)30-25(37)10-12-28)33-27-29-13-11-19(32-27)26-31-18-8-6-7-9-22(18)36(26)4/h6-9,11,13,16-17H,10,12,14-15H2,1-5H3,(H,30,37)(H,29,32,33). The van der Waals surface area contributed by atoms with Gasteiger partial charge >= 0.3 is 0 Å². The van der Waals surface area contributed by atoms with Crippen molar-refractivity contribution in [2.24, 2.45) is 7.05 Å². The van der Waals surface area contributed by atoms with E-state index in [-0.39, 0.29) is 18.2 Å². The smallest absolute Gasteiger partial charge is 0.227 e. The van der Waals surface area contributed by atoms with Crippen LogP contribution in [0.3, 0.4) is 0 Å². The second-order valence-electron chi connectivity index (χ2n) is 9.16. The number of halogens is 1. The van der Waals surface area contributed by atoms with Gasteiger partial charge < -0.3 is 29.7 Å². The van der Waals surface area contributed by atoms with Gasteiger partial charge in [-0.25, -0.2) is 15.0 Å². The number of imidazole rings is 1. The number of amides is 1. The molecule has 0 atom stereocenters. The van der Waals surface area contributed by atoms with Gasteiger partial charge in [-0.2, -0.15) is 0 Å². The highest BCUT2D eigenvalue weighted by Crippen LogP contribution is 2.38. The lowest BCUT2D eigenvalue weighted by atomic mass is 10.2. The summed E-state index contributed by atoms with van der Waals surface area (Å²) in [5, 5.41) is 6.25. The maximum Gasteiger partial charge on any atom is 0.227 e. The number of benzene rings is 2. The van der Waals surface area contributed by atoms with Crippen LogP contribution >= 0.6 is 11.6 Å². The number of ether oxygens (including phenoxy) is 1. The molecule has 10 nitrogen and oxygen atoms in total. The number of fused-ring (bicyclic) bond motifs is 1. The van der Waals surface area contributed by atoms with Gasteiger partial charge in [0.25, 0.3) is 0 Å². The minimum atomic E-state index is -0.168. The monoisotopic (exact) mass is 536 g/mol. The number of rotatable bonds is 11. The third-order valence-corrected chi connectivity index (χ3v) is 6.31. The average molecular weight is 537 g/mol. The fourth-order valence-corrected chi connectivity index (χ4v) is 4.23. The molecule has 1 amide bonds. The Morgan fingerprint density at radius 2 is 1.87 bits per heavy atom. The highest BCUT2D eigenvalue weighted by molar-refractivity contribution is 6.19. The number of hydrogen-bond acceptors (Lipinski definition) is 8. The van der Waals surface area contributed by atoms with Crippen molar-refractivity contribution in [3.05, 3.63) is 48.7 Å².